The van der Waals surface area contributed by atoms with Crippen molar-refractivity contribution in [2.75, 3.05) is 31.1 Å². The van der Waals surface area contributed by atoms with E-state index in [4.69, 9.17) is 4.42 Å². The van der Waals surface area contributed by atoms with E-state index in [9.17, 15) is 4.79 Å². The van der Waals surface area contributed by atoms with Crippen LogP contribution >= 0.6 is 11.3 Å². The average Bonchev–Trinajstić information content (AvgIpc) is 3.31. The third-order valence-corrected chi connectivity index (χ3v) is 5.47. The molecule has 0 aromatic carbocycles. The van der Waals surface area contributed by atoms with Gasteiger partial charge in [0.25, 0.3) is 5.91 Å². The third-order valence-electron chi connectivity index (χ3n) is 4.41. The van der Waals surface area contributed by atoms with E-state index in [1.54, 1.807) is 6.26 Å². The number of anilines is 1. The van der Waals surface area contributed by atoms with Crippen LogP contribution in [-0.2, 0) is 0 Å². The van der Waals surface area contributed by atoms with E-state index in [1.807, 2.05) is 43.0 Å². The van der Waals surface area contributed by atoms with Gasteiger partial charge < -0.3 is 14.2 Å². The predicted octanol–water partition coefficient (Wildman–Crippen LogP) is 2.77. The Morgan fingerprint density at radius 1 is 1.12 bits per heavy atom. The SMILES string of the molecule is Cc1nc(C)c(C(=O)N2CCN(c3ccc(-c4ccco4)nn3)CC2)s1. The summed E-state index contributed by atoms with van der Waals surface area (Å²) < 4.78 is 5.33. The highest BCUT2D eigenvalue weighted by molar-refractivity contribution is 7.13. The highest BCUT2D eigenvalue weighted by Gasteiger charge is 2.25. The van der Waals surface area contributed by atoms with Crippen LogP contribution in [0.3, 0.4) is 0 Å². The molecule has 4 rings (SSSR count). The fourth-order valence-corrected chi connectivity index (χ4v) is 3.95. The molecule has 0 radical (unpaired) electrons. The van der Waals surface area contributed by atoms with Crippen LogP contribution in [0.4, 0.5) is 5.82 Å². The lowest BCUT2D eigenvalue weighted by molar-refractivity contribution is 0.0750. The Balaban J connectivity index is 1.40. The van der Waals surface area contributed by atoms with E-state index in [0.717, 1.165) is 34.5 Å². The molecular weight excluding hydrogens is 350 g/mol. The smallest absolute Gasteiger partial charge is 0.265 e. The second kappa shape index (κ2) is 6.87. The molecule has 1 aliphatic rings. The van der Waals surface area contributed by atoms with Gasteiger partial charge in [0.15, 0.2) is 11.6 Å². The topological polar surface area (TPSA) is 75.4 Å². The predicted molar refractivity (Wildman–Crippen MR) is 99.4 cm³/mol. The first-order valence-electron chi connectivity index (χ1n) is 8.47. The molecule has 0 spiro atoms. The number of rotatable bonds is 3. The van der Waals surface area contributed by atoms with Crippen LogP contribution in [0.15, 0.2) is 34.9 Å². The molecule has 7 nitrogen and oxygen atoms in total. The monoisotopic (exact) mass is 369 g/mol. The van der Waals surface area contributed by atoms with Crippen molar-refractivity contribution in [2.24, 2.45) is 0 Å². The minimum absolute atomic E-state index is 0.0759. The van der Waals surface area contributed by atoms with Gasteiger partial charge in [-0.15, -0.1) is 21.5 Å². The molecule has 4 heterocycles. The van der Waals surface area contributed by atoms with E-state index in [2.05, 4.69) is 20.1 Å². The number of amides is 1. The molecule has 0 atom stereocenters. The Morgan fingerprint density at radius 3 is 2.50 bits per heavy atom. The van der Waals surface area contributed by atoms with Crippen LogP contribution in [0, 0.1) is 13.8 Å². The number of hydrogen-bond donors (Lipinski definition) is 0. The van der Waals surface area contributed by atoms with Crippen molar-refractivity contribution in [2.45, 2.75) is 13.8 Å². The molecule has 3 aromatic heterocycles. The first-order chi connectivity index (χ1) is 12.6. The van der Waals surface area contributed by atoms with Gasteiger partial charge in [-0.1, -0.05) is 0 Å². The molecule has 0 saturated carbocycles. The van der Waals surface area contributed by atoms with Gasteiger partial charge in [-0.2, -0.15) is 0 Å². The molecule has 1 amide bonds. The zero-order valence-corrected chi connectivity index (χ0v) is 15.5. The molecule has 8 heteroatoms. The van der Waals surface area contributed by atoms with Crippen molar-refractivity contribution in [1.29, 1.82) is 0 Å². The fraction of sp³-hybridized carbons (Fsp3) is 0.333. The standard InChI is InChI=1S/C18H19N5O2S/c1-12-17(26-13(2)19-12)18(24)23-9-7-22(8-10-23)16-6-5-14(20-21-16)15-4-3-11-25-15/h3-6,11H,7-10H2,1-2H3. The average molecular weight is 369 g/mol. The molecule has 1 fully saturated rings. The van der Waals surface area contributed by atoms with Crippen LogP contribution in [0.5, 0.6) is 0 Å². The van der Waals surface area contributed by atoms with Crippen LogP contribution in [0.2, 0.25) is 0 Å². The quantitative estimate of drug-likeness (QED) is 0.707. The van der Waals surface area contributed by atoms with E-state index in [-0.39, 0.29) is 5.91 Å². The number of hydrogen-bond acceptors (Lipinski definition) is 7. The van der Waals surface area contributed by atoms with E-state index in [1.165, 1.54) is 11.3 Å². The molecule has 1 saturated heterocycles. The van der Waals surface area contributed by atoms with Gasteiger partial charge in [-0.05, 0) is 38.1 Å². The van der Waals surface area contributed by atoms with Crippen molar-refractivity contribution in [3.05, 3.63) is 46.1 Å². The van der Waals surface area contributed by atoms with Crippen LogP contribution in [0.25, 0.3) is 11.5 Å². The number of nitrogens with zero attached hydrogens (tertiary/aromatic N) is 5. The summed E-state index contributed by atoms with van der Waals surface area (Å²) in [5, 5.41) is 9.48. The number of aryl methyl sites for hydroxylation is 2. The van der Waals surface area contributed by atoms with Crippen molar-refractivity contribution >= 4 is 23.1 Å². The maximum absolute atomic E-state index is 12.7. The Bertz CT molecular complexity index is 896. The van der Waals surface area contributed by atoms with Crippen molar-refractivity contribution in [3.8, 4) is 11.5 Å². The molecule has 26 heavy (non-hydrogen) atoms. The summed E-state index contributed by atoms with van der Waals surface area (Å²) in [6, 6.07) is 7.53. The number of aromatic nitrogens is 3. The summed E-state index contributed by atoms with van der Waals surface area (Å²) in [6.45, 7) is 6.61. The number of carbonyl (C=O) groups is 1. The largest absolute Gasteiger partial charge is 0.463 e. The first-order valence-corrected chi connectivity index (χ1v) is 9.29. The second-order valence-electron chi connectivity index (χ2n) is 6.18. The molecule has 3 aromatic rings. The first kappa shape index (κ1) is 16.7. The lowest BCUT2D eigenvalue weighted by atomic mass is 10.2. The molecule has 0 bridgehead atoms. The number of furan rings is 1. The molecular formula is C18H19N5O2S. The van der Waals surface area contributed by atoms with Crippen LogP contribution in [0.1, 0.15) is 20.4 Å². The van der Waals surface area contributed by atoms with Gasteiger partial charge in [0.2, 0.25) is 0 Å². The molecule has 134 valence electrons. The summed E-state index contributed by atoms with van der Waals surface area (Å²) >= 11 is 1.47. The van der Waals surface area contributed by atoms with E-state index in [0.29, 0.717) is 24.5 Å². The maximum Gasteiger partial charge on any atom is 0.265 e. The van der Waals surface area contributed by atoms with Gasteiger partial charge in [-0.25, -0.2) is 4.98 Å². The Morgan fingerprint density at radius 2 is 1.92 bits per heavy atom. The normalized spacial score (nSPS) is 14.7. The fourth-order valence-electron chi connectivity index (χ4n) is 3.06. The minimum Gasteiger partial charge on any atom is -0.463 e. The molecule has 0 aliphatic carbocycles. The Kier molecular flexibility index (Phi) is 4.42. The highest BCUT2D eigenvalue weighted by atomic mass is 32.1. The van der Waals surface area contributed by atoms with E-state index < -0.39 is 0 Å². The maximum atomic E-state index is 12.7. The van der Waals surface area contributed by atoms with Crippen molar-refractivity contribution in [1.82, 2.24) is 20.1 Å². The second-order valence-corrected chi connectivity index (χ2v) is 7.38. The lowest BCUT2D eigenvalue weighted by Gasteiger charge is -2.35. The summed E-state index contributed by atoms with van der Waals surface area (Å²) in [4.78, 5) is 21.8. The van der Waals surface area contributed by atoms with Gasteiger partial charge in [0, 0.05) is 26.2 Å². The highest BCUT2D eigenvalue weighted by Crippen LogP contribution is 2.22. The van der Waals surface area contributed by atoms with Crippen molar-refractivity contribution in [3.63, 3.8) is 0 Å². The summed E-state index contributed by atoms with van der Waals surface area (Å²) in [5.41, 5.74) is 1.53. The van der Waals surface area contributed by atoms with Crippen molar-refractivity contribution < 1.29 is 9.21 Å². The zero-order chi connectivity index (χ0) is 18.1. The summed E-state index contributed by atoms with van der Waals surface area (Å²) in [5.74, 6) is 1.60. The minimum atomic E-state index is 0.0759. The van der Waals surface area contributed by atoms with Gasteiger partial charge in [0.05, 0.1) is 17.0 Å². The number of piperazine rings is 1. The third kappa shape index (κ3) is 3.20. The van der Waals surface area contributed by atoms with E-state index >= 15 is 0 Å². The van der Waals surface area contributed by atoms with Gasteiger partial charge >= 0.3 is 0 Å². The Hall–Kier alpha value is -2.74. The molecule has 0 unspecified atom stereocenters. The number of carbonyl (C=O) groups excluding carboxylic acids is 1. The lowest BCUT2D eigenvalue weighted by Crippen LogP contribution is -2.49. The molecule has 1 aliphatic heterocycles. The van der Waals surface area contributed by atoms with Gasteiger partial charge in [0.1, 0.15) is 10.6 Å². The summed E-state index contributed by atoms with van der Waals surface area (Å²) in [7, 11) is 0. The van der Waals surface area contributed by atoms with Crippen LogP contribution < -0.4 is 4.90 Å². The number of thiazole rings is 1. The molecule has 0 N–H and O–H groups in total. The van der Waals surface area contributed by atoms with Crippen LogP contribution in [-0.4, -0.2) is 52.2 Å². The summed E-state index contributed by atoms with van der Waals surface area (Å²) in [6.07, 6.45) is 1.62. The Labute approximate surface area is 155 Å². The van der Waals surface area contributed by atoms with Gasteiger partial charge in [-0.3, -0.25) is 4.79 Å². The zero-order valence-electron chi connectivity index (χ0n) is 14.7.